The highest BCUT2D eigenvalue weighted by atomic mass is 35.5. The molecule has 0 saturated carbocycles. The van der Waals surface area contributed by atoms with Crippen molar-refractivity contribution in [3.8, 4) is 0 Å². The summed E-state index contributed by atoms with van der Waals surface area (Å²) >= 11 is 5.66. The van der Waals surface area contributed by atoms with Crippen LogP contribution < -0.4 is 5.73 Å². The maximum absolute atomic E-state index is 11.1. The summed E-state index contributed by atoms with van der Waals surface area (Å²) in [4.78, 5) is 11.1. The minimum absolute atomic E-state index is 0.392. The molecule has 0 saturated heterocycles. The number of carbonyl (C=O) groups is 1. The molecule has 4 heteroatoms. The first kappa shape index (κ1) is 12.0. The smallest absolute Gasteiger partial charge is 0.322 e. The van der Waals surface area contributed by atoms with E-state index in [4.69, 9.17) is 17.3 Å². The van der Waals surface area contributed by atoms with Gasteiger partial charge in [-0.3, -0.25) is 4.79 Å². The van der Waals surface area contributed by atoms with Gasteiger partial charge in [-0.1, -0.05) is 24.3 Å². The number of nitrogens with two attached hydrogens (primary N) is 1. The van der Waals surface area contributed by atoms with Gasteiger partial charge in [0.15, 0.2) is 0 Å². The first-order valence-electron chi connectivity index (χ1n) is 4.64. The van der Waals surface area contributed by atoms with E-state index >= 15 is 0 Å². The third-order valence-corrected chi connectivity index (χ3v) is 2.45. The molecule has 0 aliphatic heterocycles. The number of ether oxygens (including phenoxy) is 1. The SMILES string of the molecule is COC(=O)[C@@H](N)Cc1ccc(CCl)cc1. The molecule has 15 heavy (non-hydrogen) atoms. The van der Waals surface area contributed by atoms with Gasteiger partial charge >= 0.3 is 5.97 Å². The molecule has 0 spiro atoms. The summed E-state index contributed by atoms with van der Waals surface area (Å²) in [6.45, 7) is 0. The molecule has 0 aromatic heterocycles. The first-order valence-corrected chi connectivity index (χ1v) is 5.18. The Balaban J connectivity index is 2.60. The van der Waals surface area contributed by atoms with Crippen LogP contribution in [0, 0.1) is 0 Å². The number of carbonyl (C=O) groups excluding carboxylic acids is 1. The van der Waals surface area contributed by atoms with Crippen molar-refractivity contribution in [3.05, 3.63) is 35.4 Å². The fraction of sp³-hybridized carbons (Fsp3) is 0.364. The Kier molecular flexibility index (Phi) is 4.59. The van der Waals surface area contributed by atoms with Crippen molar-refractivity contribution in [2.24, 2.45) is 5.73 Å². The molecule has 0 aliphatic carbocycles. The van der Waals surface area contributed by atoms with Gasteiger partial charge in [0.25, 0.3) is 0 Å². The highest BCUT2D eigenvalue weighted by molar-refractivity contribution is 6.17. The number of esters is 1. The first-order chi connectivity index (χ1) is 7.17. The van der Waals surface area contributed by atoms with Crippen LogP contribution in [0.4, 0.5) is 0 Å². The average Bonchev–Trinajstić information content (AvgIpc) is 2.29. The maximum Gasteiger partial charge on any atom is 0.322 e. The third-order valence-electron chi connectivity index (χ3n) is 2.14. The number of alkyl halides is 1. The van der Waals surface area contributed by atoms with Crippen LogP contribution in [-0.2, 0) is 21.8 Å². The van der Waals surface area contributed by atoms with E-state index in [1.807, 2.05) is 24.3 Å². The topological polar surface area (TPSA) is 52.3 Å². The molecule has 1 atom stereocenters. The second kappa shape index (κ2) is 5.73. The lowest BCUT2D eigenvalue weighted by molar-refractivity contribution is -0.142. The van der Waals surface area contributed by atoms with Crippen molar-refractivity contribution in [1.82, 2.24) is 0 Å². The Bertz CT molecular complexity index is 324. The Morgan fingerprint density at radius 2 is 1.93 bits per heavy atom. The van der Waals surface area contributed by atoms with Gasteiger partial charge in [0, 0.05) is 5.88 Å². The van der Waals surface area contributed by atoms with E-state index in [0.29, 0.717) is 12.3 Å². The van der Waals surface area contributed by atoms with E-state index in [1.54, 1.807) is 0 Å². The lowest BCUT2D eigenvalue weighted by atomic mass is 10.1. The van der Waals surface area contributed by atoms with Gasteiger partial charge in [-0.15, -0.1) is 11.6 Å². The molecule has 1 aromatic rings. The molecule has 2 N–H and O–H groups in total. The molecule has 3 nitrogen and oxygen atoms in total. The number of hydrogen-bond acceptors (Lipinski definition) is 3. The fourth-order valence-electron chi connectivity index (χ4n) is 1.25. The van der Waals surface area contributed by atoms with Crippen LogP contribution in [0.5, 0.6) is 0 Å². The van der Waals surface area contributed by atoms with Crippen LogP contribution >= 0.6 is 11.6 Å². The van der Waals surface area contributed by atoms with E-state index in [2.05, 4.69) is 4.74 Å². The quantitative estimate of drug-likeness (QED) is 0.626. The van der Waals surface area contributed by atoms with Gasteiger partial charge in [-0.05, 0) is 17.5 Å². The van der Waals surface area contributed by atoms with Gasteiger partial charge < -0.3 is 10.5 Å². The normalized spacial score (nSPS) is 12.2. The lowest BCUT2D eigenvalue weighted by Gasteiger charge is -2.09. The number of rotatable bonds is 4. The molecule has 0 radical (unpaired) electrons. The van der Waals surface area contributed by atoms with Crippen molar-refractivity contribution in [2.75, 3.05) is 7.11 Å². The molecular formula is C11H14ClNO2. The van der Waals surface area contributed by atoms with E-state index < -0.39 is 12.0 Å². The summed E-state index contributed by atoms with van der Waals surface area (Å²) < 4.78 is 4.54. The molecule has 0 fully saturated rings. The summed E-state index contributed by atoms with van der Waals surface area (Å²) in [6.07, 6.45) is 0.481. The Morgan fingerprint density at radius 1 is 1.40 bits per heavy atom. The zero-order valence-corrected chi connectivity index (χ0v) is 9.33. The van der Waals surface area contributed by atoms with Gasteiger partial charge in [-0.25, -0.2) is 0 Å². The minimum Gasteiger partial charge on any atom is -0.468 e. The highest BCUT2D eigenvalue weighted by Gasteiger charge is 2.13. The number of halogens is 1. The lowest BCUT2D eigenvalue weighted by Crippen LogP contribution is -2.33. The van der Waals surface area contributed by atoms with Gasteiger partial charge in [0.2, 0.25) is 0 Å². The van der Waals surface area contributed by atoms with Crippen LogP contribution in [0.1, 0.15) is 11.1 Å². The summed E-state index contributed by atoms with van der Waals surface area (Å²) in [6, 6.07) is 7.08. The van der Waals surface area contributed by atoms with Crippen LogP contribution in [0.2, 0.25) is 0 Å². The molecule has 0 bridgehead atoms. The molecule has 0 aliphatic rings. The second-order valence-corrected chi connectivity index (χ2v) is 3.55. The van der Waals surface area contributed by atoms with Crippen molar-refractivity contribution < 1.29 is 9.53 Å². The summed E-state index contributed by atoms with van der Waals surface area (Å²) in [5.74, 6) is 0.0972. The highest BCUT2D eigenvalue weighted by Crippen LogP contribution is 2.08. The second-order valence-electron chi connectivity index (χ2n) is 3.28. The molecule has 1 aromatic carbocycles. The molecular weight excluding hydrogens is 214 g/mol. The fourth-order valence-corrected chi connectivity index (χ4v) is 1.43. The van der Waals surface area contributed by atoms with Crippen molar-refractivity contribution in [3.63, 3.8) is 0 Å². The number of hydrogen-bond donors (Lipinski definition) is 1. The van der Waals surface area contributed by atoms with Gasteiger partial charge in [-0.2, -0.15) is 0 Å². The van der Waals surface area contributed by atoms with Crippen LogP contribution in [0.25, 0.3) is 0 Å². The Morgan fingerprint density at radius 3 is 2.40 bits per heavy atom. The van der Waals surface area contributed by atoms with Crippen molar-refractivity contribution >= 4 is 17.6 Å². The largest absolute Gasteiger partial charge is 0.468 e. The molecule has 0 amide bonds. The van der Waals surface area contributed by atoms with E-state index in [9.17, 15) is 4.79 Å². The van der Waals surface area contributed by atoms with Gasteiger partial charge in [0.05, 0.1) is 7.11 Å². The van der Waals surface area contributed by atoms with Crippen LogP contribution in [0.3, 0.4) is 0 Å². The molecule has 82 valence electrons. The van der Waals surface area contributed by atoms with Crippen molar-refractivity contribution in [2.45, 2.75) is 18.3 Å². The van der Waals surface area contributed by atoms with E-state index in [1.165, 1.54) is 7.11 Å². The summed E-state index contributed by atoms with van der Waals surface area (Å²) in [5.41, 5.74) is 7.68. The molecule has 1 rings (SSSR count). The summed E-state index contributed by atoms with van der Waals surface area (Å²) in [7, 11) is 1.33. The van der Waals surface area contributed by atoms with Crippen molar-refractivity contribution in [1.29, 1.82) is 0 Å². The van der Waals surface area contributed by atoms with Gasteiger partial charge in [0.1, 0.15) is 6.04 Å². The molecule has 0 heterocycles. The maximum atomic E-state index is 11.1. The van der Waals surface area contributed by atoms with Crippen LogP contribution in [-0.4, -0.2) is 19.1 Å². The number of benzene rings is 1. The average molecular weight is 228 g/mol. The third kappa shape index (κ3) is 3.53. The zero-order valence-electron chi connectivity index (χ0n) is 8.57. The standard InChI is InChI=1S/C11H14ClNO2/c1-15-11(14)10(13)6-8-2-4-9(7-12)5-3-8/h2-5,10H,6-7,13H2,1H3/t10-/m0/s1. The predicted molar refractivity (Wildman–Crippen MR) is 59.7 cm³/mol. The summed E-state index contributed by atoms with van der Waals surface area (Å²) in [5, 5.41) is 0. The van der Waals surface area contributed by atoms with E-state index in [0.717, 1.165) is 11.1 Å². The number of methoxy groups -OCH3 is 1. The van der Waals surface area contributed by atoms with Crippen LogP contribution in [0.15, 0.2) is 24.3 Å². The van der Waals surface area contributed by atoms with E-state index in [-0.39, 0.29) is 0 Å². The monoisotopic (exact) mass is 227 g/mol. The Hall–Kier alpha value is -1.06. The Labute approximate surface area is 94.2 Å². The minimum atomic E-state index is -0.600. The molecule has 0 unspecified atom stereocenters. The predicted octanol–water partition coefficient (Wildman–Crippen LogP) is 1.47. The zero-order chi connectivity index (χ0) is 11.3.